The van der Waals surface area contributed by atoms with Crippen LogP contribution in [0, 0.1) is 0 Å². The molecule has 1 aromatic rings. The highest BCUT2D eigenvalue weighted by Gasteiger charge is 2.33. The van der Waals surface area contributed by atoms with Gasteiger partial charge >= 0.3 is 0 Å². The molecule has 0 radical (unpaired) electrons. The molecule has 1 aromatic carbocycles. The van der Waals surface area contributed by atoms with Crippen molar-refractivity contribution in [3.63, 3.8) is 0 Å². The maximum Gasteiger partial charge on any atom is 0.0355 e. The molecule has 2 bridgehead atoms. The van der Waals surface area contributed by atoms with Gasteiger partial charge in [0.05, 0.1) is 0 Å². The Bertz CT molecular complexity index is 365. The lowest BCUT2D eigenvalue weighted by molar-refractivity contribution is 0.805. The molecule has 3 rings (SSSR count). The van der Waals surface area contributed by atoms with Crippen molar-refractivity contribution in [1.82, 2.24) is 0 Å². The molecule has 2 unspecified atom stereocenters. The minimum atomic E-state index is 0.617. The van der Waals surface area contributed by atoms with Crippen molar-refractivity contribution in [2.24, 2.45) is 0 Å². The first-order valence-electron chi connectivity index (χ1n) is 4.43. The summed E-state index contributed by atoms with van der Waals surface area (Å²) >= 11 is 0. The second-order valence-electron chi connectivity index (χ2n) is 3.68. The van der Waals surface area contributed by atoms with Gasteiger partial charge in [0.2, 0.25) is 0 Å². The van der Waals surface area contributed by atoms with E-state index in [0.717, 1.165) is 5.69 Å². The summed E-state index contributed by atoms with van der Waals surface area (Å²) in [5.41, 5.74) is 9.75. The van der Waals surface area contributed by atoms with Gasteiger partial charge in [-0.05, 0) is 23.6 Å². The van der Waals surface area contributed by atoms with Gasteiger partial charge in [-0.1, -0.05) is 24.3 Å². The molecule has 2 N–H and O–H groups in total. The summed E-state index contributed by atoms with van der Waals surface area (Å²) in [5.74, 6) is 1.28. The van der Waals surface area contributed by atoms with Crippen molar-refractivity contribution in [2.75, 3.05) is 5.73 Å². The van der Waals surface area contributed by atoms with E-state index in [-0.39, 0.29) is 0 Å². The number of nitrogens with two attached hydrogens (primary N) is 1. The molecule has 60 valence electrons. The van der Waals surface area contributed by atoms with Gasteiger partial charge in [0, 0.05) is 17.5 Å². The molecule has 0 heterocycles. The maximum atomic E-state index is 5.92. The highest BCUT2D eigenvalue weighted by atomic mass is 14.6. The fraction of sp³-hybridized carbons (Fsp3) is 0.273. The average Bonchev–Trinajstić information content (AvgIpc) is 2.64. The van der Waals surface area contributed by atoms with E-state index in [9.17, 15) is 0 Å². The van der Waals surface area contributed by atoms with Crippen LogP contribution in [0.4, 0.5) is 5.69 Å². The third-order valence-corrected chi connectivity index (χ3v) is 3.03. The van der Waals surface area contributed by atoms with Gasteiger partial charge in [0.15, 0.2) is 0 Å². The summed E-state index contributed by atoms with van der Waals surface area (Å²) in [7, 11) is 0. The quantitative estimate of drug-likeness (QED) is 0.454. The topological polar surface area (TPSA) is 26.0 Å². The summed E-state index contributed by atoms with van der Waals surface area (Å²) in [4.78, 5) is 0. The molecular formula is C11H11N. The third kappa shape index (κ3) is 0.596. The number of hydrogen-bond donors (Lipinski definition) is 1. The Morgan fingerprint density at radius 3 is 2.83 bits per heavy atom. The van der Waals surface area contributed by atoms with Crippen LogP contribution < -0.4 is 5.73 Å². The first-order valence-corrected chi connectivity index (χ1v) is 4.43. The Hall–Kier alpha value is -1.24. The number of nitrogen functional groups attached to an aromatic ring is 1. The van der Waals surface area contributed by atoms with E-state index < -0.39 is 0 Å². The number of benzene rings is 1. The van der Waals surface area contributed by atoms with Crippen LogP contribution in [0.2, 0.25) is 0 Å². The van der Waals surface area contributed by atoms with Crippen molar-refractivity contribution in [2.45, 2.75) is 18.3 Å². The number of fused-ring (bicyclic) bond motifs is 5. The van der Waals surface area contributed by atoms with Gasteiger partial charge in [-0.3, -0.25) is 0 Å². The monoisotopic (exact) mass is 157 g/mol. The molecule has 1 heteroatoms. The average molecular weight is 157 g/mol. The van der Waals surface area contributed by atoms with Gasteiger partial charge in [0.1, 0.15) is 0 Å². The Kier molecular flexibility index (Phi) is 1.01. The van der Waals surface area contributed by atoms with Crippen LogP contribution in [-0.2, 0) is 0 Å². The smallest absolute Gasteiger partial charge is 0.0355 e. The highest BCUT2D eigenvalue weighted by molar-refractivity contribution is 5.60. The molecule has 2 atom stereocenters. The predicted octanol–water partition coefficient (Wildman–Crippen LogP) is 2.41. The van der Waals surface area contributed by atoms with Crippen LogP contribution in [0.1, 0.15) is 29.4 Å². The zero-order valence-electron chi connectivity index (χ0n) is 6.83. The maximum absolute atomic E-state index is 5.92. The molecule has 2 aliphatic carbocycles. The molecule has 0 saturated carbocycles. The molecule has 0 aromatic heterocycles. The predicted molar refractivity (Wildman–Crippen MR) is 50.1 cm³/mol. The van der Waals surface area contributed by atoms with E-state index in [0.29, 0.717) is 11.8 Å². The van der Waals surface area contributed by atoms with Crippen molar-refractivity contribution < 1.29 is 0 Å². The minimum absolute atomic E-state index is 0.617. The summed E-state index contributed by atoms with van der Waals surface area (Å²) in [6, 6.07) is 6.27. The number of hydrogen-bond acceptors (Lipinski definition) is 1. The van der Waals surface area contributed by atoms with E-state index >= 15 is 0 Å². The van der Waals surface area contributed by atoms with E-state index in [1.807, 2.05) is 6.07 Å². The van der Waals surface area contributed by atoms with Gasteiger partial charge in [-0.15, -0.1) is 0 Å². The van der Waals surface area contributed by atoms with E-state index in [1.165, 1.54) is 17.5 Å². The van der Waals surface area contributed by atoms with E-state index in [4.69, 9.17) is 5.73 Å². The van der Waals surface area contributed by atoms with Gasteiger partial charge < -0.3 is 5.73 Å². The van der Waals surface area contributed by atoms with Crippen LogP contribution >= 0.6 is 0 Å². The highest BCUT2D eigenvalue weighted by Crippen LogP contribution is 2.50. The number of anilines is 1. The third-order valence-electron chi connectivity index (χ3n) is 3.03. The Morgan fingerprint density at radius 1 is 1.17 bits per heavy atom. The molecule has 1 nitrogen and oxygen atoms in total. The summed E-state index contributed by atoms with van der Waals surface area (Å²) in [6.45, 7) is 0. The van der Waals surface area contributed by atoms with Crippen LogP contribution in [0.5, 0.6) is 0 Å². The molecule has 2 aliphatic rings. The molecule has 0 aliphatic heterocycles. The van der Waals surface area contributed by atoms with Gasteiger partial charge in [-0.25, -0.2) is 0 Å². The standard InChI is InChI=1S/C11H11N/c12-10-3-1-2-9-7-4-5-8(6-7)11(9)10/h1-5,7-8H,6,12H2. The first-order chi connectivity index (χ1) is 5.86. The van der Waals surface area contributed by atoms with E-state index in [1.54, 1.807) is 0 Å². The molecule has 0 spiro atoms. The van der Waals surface area contributed by atoms with Crippen molar-refractivity contribution in [1.29, 1.82) is 0 Å². The summed E-state index contributed by atoms with van der Waals surface area (Å²) in [5, 5.41) is 0. The Morgan fingerprint density at radius 2 is 2.00 bits per heavy atom. The van der Waals surface area contributed by atoms with Crippen LogP contribution in [0.3, 0.4) is 0 Å². The van der Waals surface area contributed by atoms with Crippen LogP contribution in [0.15, 0.2) is 30.4 Å². The zero-order chi connectivity index (χ0) is 8.13. The van der Waals surface area contributed by atoms with Gasteiger partial charge in [-0.2, -0.15) is 0 Å². The summed E-state index contributed by atoms with van der Waals surface area (Å²) in [6.07, 6.45) is 5.86. The Labute approximate surface area is 71.9 Å². The van der Waals surface area contributed by atoms with Gasteiger partial charge in [0.25, 0.3) is 0 Å². The second kappa shape index (κ2) is 1.92. The van der Waals surface area contributed by atoms with Crippen molar-refractivity contribution in [3.8, 4) is 0 Å². The van der Waals surface area contributed by atoms with Crippen molar-refractivity contribution >= 4 is 5.69 Å². The van der Waals surface area contributed by atoms with Crippen LogP contribution in [0.25, 0.3) is 0 Å². The SMILES string of the molecule is Nc1cccc2c1C1C=CC2C1. The normalized spacial score (nSPS) is 29.3. The Balaban J connectivity index is 2.30. The zero-order valence-corrected chi connectivity index (χ0v) is 6.83. The lowest BCUT2D eigenvalue weighted by Crippen LogP contribution is -1.98. The number of allylic oxidation sites excluding steroid dienone is 2. The molecule has 0 amide bonds. The van der Waals surface area contributed by atoms with Crippen LogP contribution in [-0.4, -0.2) is 0 Å². The lowest BCUT2D eigenvalue weighted by atomic mass is 9.95. The molecule has 0 saturated heterocycles. The second-order valence-corrected chi connectivity index (χ2v) is 3.68. The fourth-order valence-electron chi connectivity index (χ4n) is 2.50. The molecular weight excluding hydrogens is 146 g/mol. The fourth-order valence-corrected chi connectivity index (χ4v) is 2.50. The molecule has 0 fully saturated rings. The van der Waals surface area contributed by atoms with Crippen molar-refractivity contribution in [3.05, 3.63) is 41.5 Å². The lowest BCUT2D eigenvalue weighted by Gasteiger charge is -2.11. The van der Waals surface area contributed by atoms with E-state index in [2.05, 4.69) is 24.3 Å². The summed E-state index contributed by atoms with van der Waals surface area (Å²) < 4.78 is 0. The largest absolute Gasteiger partial charge is 0.398 e. The minimum Gasteiger partial charge on any atom is -0.398 e. The first kappa shape index (κ1) is 6.30. The molecule has 12 heavy (non-hydrogen) atoms. The number of rotatable bonds is 0.